The Labute approximate surface area is 149 Å². The Kier molecular flexibility index (Phi) is 3.95. The van der Waals surface area contributed by atoms with Crippen molar-refractivity contribution in [3.63, 3.8) is 0 Å². The first kappa shape index (κ1) is 16.3. The molecule has 1 fully saturated rings. The zero-order valence-corrected chi connectivity index (χ0v) is 14.4. The van der Waals surface area contributed by atoms with Crippen molar-refractivity contribution >= 4 is 17.5 Å². The van der Waals surface area contributed by atoms with Gasteiger partial charge in [0.2, 0.25) is 11.9 Å². The van der Waals surface area contributed by atoms with Crippen molar-refractivity contribution in [2.45, 2.75) is 38.1 Å². The van der Waals surface area contributed by atoms with Crippen LogP contribution in [0.4, 0.5) is 5.95 Å². The van der Waals surface area contributed by atoms with Crippen LogP contribution in [-0.2, 0) is 11.2 Å². The highest BCUT2D eigenvalue weighted by Gasteiger charge is 2.33. The number of hydrogen-bond donors (Lipinski definition) is 3. The average Bonchev–Trinajstić information content (AvgIpc) is 2.85. The number of nitrogens with two attached hydrogens (primary N) is 1. The van der Waals surface area contributed by atoms with Gasteiger partial charge < -0.3 is 15.5 Å². The number of anilines is 1. The van der Waals surface area contributed by atoms with Gasteiger partial charge in [-0.05, 0) is 31.9 Å². The van der Waals surface area contributed by atoms with E-state index in [0.717, 1.165) is 29.9 Å². The molecule has 1 saturated carbocycles. The number of hydrogen-bond acceptors (Lipinski definition) is 5. The molecule has 3 aromatic heterocycles. The second-order valence-corrected chi connectivity index (χ2v) is 6.74. The maximum Gasteiger partial charge on any atom is 0.252 e. The van der Waals surface area contributed by atoms with E-state index < -0.39 is 0 Å². The number of nitrogens with one attached hydrogen (secondary N) is 2. The molecule has 0 unspecified atom stereocenters. The fourth-order valence-corrected chi connectivity index (χ4v) is 3.49. The van der Waals surface area contributed by atoms with E-state index in [1.807, 2.05) is 35.7 Å². The van der Waals surface area contributed by atoms with Crippen LogP contribution in [0, 0.1) is 6.92 Å². The molecule has 3 aromatic rings. The van der Waals surface area contributed by atoms with Crippen LogP contribution in [0.15, 0.2) is 35.3 Å². The number of aromatic nitrogens is 4. The SMILES string of the molecule is Cc1nc2ccccn2c1CC(=O)NC1CC(c2cc(=O)[nH]c(N)n2)C1. The largest absolute Gasteiger partial charge is 0.369 e. The maximum atomic E-state index is 12.4. The summed E-state index contributed by atoms with van der Waals surface area (Å²) in [5, 5.41) is 3.05. The van der Waals surface area contributed by atoms with E-state index in [1.165, 1.54) is 6.07 Å². The molecule has 3 heterocycles. The Hall–Kier alpha value is -3.16. The van der Waals surface area contributed by atoms with Gasteiger partial charge in [-0.1, -0.05) is 6.07 Å². The first-order chi connectivity index (χ1) is 12.5. The van der Waals surface area contributed by atoms with Crippen molar-refractivity contribution in [3.8, 4) is 0 Å². The number of pyridine rings is 1. The number of nitrogen functional groups attached to an aromatic ring is 1. The number of nitrogens with zero attached hydrogens (tertiary/aromatic N) is 3. The number of fused-ring (bicyclic) bond motifs is 1. The summed E-state index contributed by atoms with van der Waals surface area (Å²) in [5.74, 6) is 0.256. The third-order valence-electron chi connectivity index (χ3n) is 4.86. The molecule has 4 rings (SSSR count). The second kappa shape index (κ2) is 6.29. The van der Waals surface area contributed by atoms with Crippen molar-refractivity contribution in [3.05, 3.63) is 57.9 Å². The molecule has 0 radical (unpaired) electrons. The quantitative estimate of drug-likeness (QED) is 0.645. The molecule has 1 amide bonds. The smallest absolute Gasteiger partial charge is 0.252 e. The van der Waals surface area contributed by atoms with E-state index in [2.05, 4.69) is 20.3 Å². The van der Waals surface area contributed by atoms with Gasteiger partial charge in [0.1, 0.15) is 5.65 Å². The van der Waals surface area contributed by atoms with Crippen molar-refractivity contribution < 1.29 is 4.79 Å². The Morgan fingerprint density at radius 3 is 2.96 bits per heavy atom. The van der Waals surface area contributed by atoms with Crippen LogP contribution in [0.2, 0.25) is 0 Å². The lowest BCUT2D eigenvalue weighted by molar-refractivity contribution is -0.121. The lowest BCUT2D eigenvalue weighted by Crippen LogP contribution is -2.44. The van der Waals surface area contributed by atoms with Crippen LogP contribution in [0.3, 0.4) is 0 Å². The first-order valence-electron chi connectivity index (χ1n) is 8.58. The third kappa shape index (κ3) is 3.05. The number of imidazole rings is 1. The summed E-state index contributed by atoms with van der Waals surface area (Å²) in [6.45, 7) is 1.91. The van der Waals surface area contributed by atoms with Crippen molar-refractivity contribution in [2.24, 2.45) is 0 Å². The van der Waals surface area contributed by atoms with Gasteiger partial charge in [-0.2, -0.15) is 0 Å². The van der Waals surface area contributed by atoms with Crippen molar-refractivity contribution in [2.75, 3.05) is 5.73 Å². The normalized spacial score (nSPS) is 19.3. The first-order valence-corrected chi connectivity index (χ1v) is 8.58. The van der Waals surface area contributed by atoms with Crippen LogP contribution in [0.1, 0.15) is 35.8 Å². The van der Waals surface area contributed by atoms with Crippen LogP contribution >= 0.6 is 0 Å². The van der Waals surface area contributed by atoms with Crippen molar-refractivity contribution in [1.29, 1.82) is 0 Å². The number of amides is 1. The Morgan fingerprint density at radius 1 is 1.38 bits per heavy atom. The van der Waals surface area contributed by atoms with Gasteiger partial charge in [-0.25, -0.2) is 9.97 Å². The zero-order valence-electron chi connectivity index (χ0n) is 14.4. The van der Waals surface area contributed by atoms with E-state index in [1.54, 1.807) is 0 Å². The summed E-state index contributed by atoms with van der Waals surface area (Å²) in [5.41, 5.74) is 8.63. The van der Waals surface area contributed by atoms with E-state index in [4.69, 9.17) is 5.73 Å². The monoisotopic (exact) mass is 352 g/mol. The van der Waals surface area contributed by atoms with Crippen molar-refractivity contribution in [1.82, 2.24) is 24.7 Å². The molecule has 0 aromatic carbocycles. The minimum Gasteiger partial charge on any atom is -0.369 e. The number of rotatable bonds is 4. The van der Waals surface area contributed by atoms with Gasteiger partial charge in [0.15, 0.2) is 0 Å². The summed E-state index contributed by atoms with van der Waals surface area (Å²) in [6.07, 6.45) is 3.72. The van der Waals surface area contributed by atoms with E-state index >= 15 is 0 Å². The van der Waals surface area contributed by atoms with Gasteiger partial charge in [0, 0.05) is 24.2 Å². The number of carbonyl (C=O) groups is 1. The Morgan fingerprint density at radius 2 is 2.19 bits per heavy atom. The third-order valence-corrected chi connectivity index (χ3v) is 4.86. The molecule has 8 nitrogen and oxygen atoms in total. The molecule has 1 aliphatic rings. The molecule has 1 aliphatic carbocycles. The maximum absolute atomic E-state index is 12.4. The second-order valence-electron chi connectivity index (χ2n) is 6.74. The number of carbonyl (C=O) groups excluding carboxylic acids is 1. The number of H-pyrrole nitrogens is 1. The molecule has 0 aliphatic heterocycles. The predicted octanol–water partition coefficient (Wildman–Crippen LogP) is 0.913. The lowest BCUT2D eigenvalue weighted by atomic mass is 9.78. The molecular formula is C18H20N6O2. The molecule has 0 bridgehead atoms. The van der Waals surface area contributed by atoms with Gasteiger partial charge in [-0.15, -0.1) is 0 Å². The Balaban J connectivity index is 1.38. The summed E-state index contributed by atoms with van der Waals surface area (Å²) in [4.78, 5) is 35.0. The summed E-state index contributed by atoms with van der Waals surface area (Å²) >= 11 is 0. The summed E-state index contributed by atoms with van der Waals surface area (Å²) in [6, 6.07) is 7.34. The van der Waals surface area contributed by atoms with Crippen LogP contribution < -0.4 is 16.6 Å². The Bertz CT molecular complexity index is 1030. The predicted molar refractivity (Wildman–Crippen MR) is 96.8 cm³/mol. The van der Waals surface area contributed by atoms with Gasteiger partial charge in [-0.3, -0.25) is 14.6 Å². The highest BCUT2D eigenvalue weighted by atomic mass is 16.1. The van der Waals surface area contributed by atoms with Crippen LogP contribution in [0.5, 0.6) is 0 Å². The van der Waals surface area contributed by atoms with E-state index in [-0.39, 0.29) is 35.8 Å². The lowest BCUT2D eigenvalue weighted by Gasteiger charge is -2.35. The number of aryl methyl sites for hydroxylation is 1. The average molecular weight is 352 g/mol. The summed E-state index contributed by atoms with van der Waals surface area (Å²) < 4.78 is 1.95. The topological polar surface area (TPSA) is 118 Å². The minimum atomic E-state index is -0.247. The van der Waals surface area contributed by atoms with Gasteiger partial charge in [0.05, 0.1) is 23.5 Å². The van der Waals surface area contributed by atoms with Crippen LogP contribution in [-0.4, -0.2) is 31.3 Å². The molecule has 26 heavy (non-hydrogen) atoms. The molecule has 0 spiro atoms. The molecule has 8 heteroatoms. The highest BCUT2D eigenvalue weighted by molar-refractivity contribution is 5.79. The minimum absolute atomic E-state index is 0.0272. The number of aromatic amines is 1. The molecule has 134 valence electrons. The fourth-order valence-electron chi connectivity index (χ4n) is 3.49. The van der Waals surface area contributed by atoms with Gasteiger partial charge >= 0.3 is 0 Å². The zero-order chi connectivity index (χ0) is 18.3. The van der Waals surface area contributed by atoms with E-state index in [9.17, 15) is 9.59 Å². The highest BCUT2D eigenvalue weighted by Crippen LogP contribution is 2.35. The standard InChI is InChI=1S/C18H20N6O2/c1-10-14(24-5-3-2-4-15(24)20-10)9-17(26)21-12-6-11(7-12)13-8-16(25)23-18(19)22-13/h2-5,8,11-12H,6-7,9H2,1H3,(H,21,26)(H3,19,22,23,25). The molecule has 0 saturated heterocycles. The molecule has 0 atom stereocenters. The van der Waals surface area contributed by atoms with E-state index in [0.29, 0.717) is 5.69 Å². The van der Waals surface area contributed by atoms with Gasteiger partial charge in [0.25, 0.3) is 5.56 Å². The molecular weight excluding hydrogens is 332 g/mol. The summed E-state index contributed by atoms with van der Waals surface area (Å²) in [7, 11) is 0. The van der Waals surface area contributed by atoms with Crippen LogP contribution in [0.25, 0.3) is 5.65 Å². The molecule has 4 N–H and O–H groups in total. The fraction of sp³-hybridized carbons (Fsp3) is 0.333.